The Bertz CT molecular complexity index is 1300. The summed E-state index contributed by atoms with van der Waals surface area (Å²) in [7, 11) is 3.76. The number of rotatable bonds is 7. The van der Waals surface area contributed by atoms with Crippen molar-refractivity contribution in [1.29, 1.82) is 0 Å². The van der Waals surface area contributed by atoms with Crippen LogP contribution >= 0.6 is 0 Å². The molecule has 3 aromatic rings. The molecule has 2 N–H and O–H groups in total. The summed E-state index contributed by atoms with van der Waals surface area (Å²) in [6, 6.07) is 3.18. The SMILES string of the molecule is CNC(O)c1cc(F)c(-c2nc3cc(C(F)F)ccn3c2C[C@H]2CN(C(=O)OC)CCO2)c(OC)c1F. The van der Waals surface area contributed by atoms with Gasteiger partial charge in [0.2, 0.25) is 0 Å². The predicted molar refractivity (Wildman–Crippen MR) is 123 cm³/mol. The number of amides is 1. The minimum Gasteiger partial charge on any atom is -0.493 e. The second-order valence-corrected chi connectivity index (χ2v) is 8.37. The zero-order chi connectivity index (χ0) is 26.9. The summed E-state index contributed by atoms with van der Waals surface area (Å²) < 4.78 is 74.8. The van der Waals surface area contributed by atoms with Crippen LogP contribution in [-0.4, -0.2) is 72.6 Å². The number of imidazole rings is 1. The molecule has 9 nitrogen and oxygen atoms in total. The van der Waals surface area contributed by atoms with Gasteiger partial charge in [-0.25, -0.2) is 27.3 Å². The van der Waals surface area contributed by atoms with Crippen molar-refractivity contribution in [3.05, 3.63) is 52.9 Å². The van der Waals surface area contributed by atoms with Crippen LogP contribution in [0.1, 0.15) is 29.5 Å². The molecule has 4 rings (SSSR count). The van der Waals surface area contributed by atoms with Crippen molar-refractivity contribution in [1.82, 2.24) is 19.6 Å². The average Bonchev–Trinajstić information content (AvgIpc) is 3.25. The highest BCUT2D eigenvalue weighted by Gasteiger charge is 2.31. The first-order valence-electron chi connectivity index (χ1n) is 11.3. The van der Waals surface area contributed by atoms with E-state index < -0.39 is 42.2 Å². The van der Waals surface area contributed by atoms with Gasteiger partial charge in [-0.05, 0) is 25.2 Å². The molecule has 0 bridgehead atoms. The lowest BCUT2D eigenvalue weighted by Gasteiger charge is -2.32. The molecule has 0 spiro atoms. The van der Waals surface area contributed by atoms with Crippen LogP contribution in [0.2, 0.25) is 0 Å². The molecule has 2 aromatic heterocycles. The maximum Gasteiger partial charge on any atom is 0.409 e. The van der Waals surface area contributed by atoms with Crippen molar-refractivity contribution < 1.29 is 41.7 Å². The number of morpholine rings is 1. The van der Waals surface area contributed by atoms with Crippen LogP contribution in [0.25, 0.3) is 16.9 Å². The van der Waals surface area contributed by atoms with E-state index in [0.717, 1.165) is 19.2 Å². The van der Waals surface area contributed by atoms with Gasteiger partial charge in [-0.1, -0.05) is 0 Å². The number of fused-ring (bicyclic) bond motifs is 1. The monoisotopic (exact) mass is 526 g/mol. The van der Waals surface area contributed by atoms with Crippen LogP contribution in [0.5, 0.6) is 5.75 Å². The number of nitrogens with one attached hydrogen (secondary N) is 1. The van der Waals surface area contributed by atoms with E-state index in [1.54, 1.807) is 0 Å². The summed E-state index contributed by atoms with van der Waals surface area (Å²) in [5.74, 6) is -2.46. The highest BCUT2D eigenvalue weighted by Crippen LogP contribution is 2.40. The molecule has 200 valence electrons. The van der Waals surface area contributed by atoms with E-state index in [9.17, 15) is 18.7 Å². The molecular formula is C24H26F4N4O5. The molecule has 1 saturated heterocycles. The molecule has 0 aliphatic carbocycles. The molecule has 0 saturated carbocycles. The summed E-state index contributed by atoms with van der Waals surface area (Å²) in [6.07, 6.45) is -3.96. The number of hydrogen-bond donors (Lipinski definition) is 2. The number of nitrogens with zero attached hydrogens (tertiary/aromatic N) is 3. The Morgan fingerprint density at radius 1 is 1.32 bits per heavy atom. The van der Waals surface area contributed by atoms with Gasteiger partial charge < -0.3 is 28.6 Å². The topological polar surface area (TPSA) is 97.6 Å². The zero-order valence-corrected chi connectivity index (χ0v) is 20.3. The number of methoxy groups -OCH3 is 2. The van der Waals surface area contributed by atoms with Crippen molar-refractivity contribution >= 4 is 11.7 Å². The first-order chi connectivity index (χ1) is 17.7. The van der Waals surface area contributed by atoms with Crippen LogP contribution < -0.4 is 10.1 Å². The van der Waals surface area contributed by atoms with Crippen molar-refractivity contribution in [2.24, 2.45) is 0 Å². The smallest absolute Gasteiger partial charge is 0.409 e. The molecule has 3 heterocycles. The molecule has 13 heteroatoms. The molecular weight excluding hydrogens is 500 g/mol. The first-order valence-corrected chi connectivity index (χ1v) is 11.3. The molecule has 1 aliphatic rings. The maximum atomic E-state index is 15.5. The Morgan fingerprint density at radius 2 is 2.08 bits per heavy atom. The number of hydrogen-bond acceptors (Lipinski definition) is 7. The van der Waals surface area contributed by atoms with Gasteiger partial charge in [0.25, 0.3) is 6.43 Å². The second kappa shape index (κ2) is 10.9. The van der Waals surface area contributed by atoms with Gasteiger partial charge in [-0.3, -0.25) is 5.32 Å². The number of aromatic nitrogens is 2. The van der Waals surface area contributed by atoms with Crippen LogP contribution in [-0.2, 0) is 15.9 Å². The Kier molecular flexibility index (Phi) is 7.85. The summed E-state index contributed by atoms with van der Waals surface area (Å²) >= 11 is 0. The van der Waals surface area contributed by atoms with Gasteiger partial charge >= 0.3 is 6.09 Å². The number of pyridine rings is 1. The van der Waals surface area contributed by atoms with E-state index in [-0.39, 0.29) is 47.6 Å². The van der Waals surface area contributed by atoms with Crippen LogP contribution in [0, 0.1) is 11.6 Å². The van der Waals surface area contributed by atoms with Crippen molar-refractivity contribution in [3.63, 3.8) is 0 Å². The van der Waals surface area contributed by atoms with E-state index in [2.05, 4.69) is 10.3 Å². The number of aliphatic hydroxyl groups is 1. The number of alkyl halides is 2. The van der Waals surface area contributed by atoms with E-state index in [1.807, 2.05) is 0 Å². The van der Waals surface area contributed by atoms with Crippen molar-refractivity contribution in [2.75, 3.05) is 41.0 Å². The third kappa shape index (κ3) is 5.06. The van der Waals surface area contributed by atoms with E-state index in [0.29, 0.717) is 12.2 Å². The highest BCUT2D eigenvalue weighted by atomic mass is 19.3. The minimum atomic E-state index is -2.77. The van der Waals surface area contributed by atoms with Gasteiger partial charge in [0.15, 0.2) is 11.6 Å². The third-order valence-corrected chi connectivity index (χ3v) is 6.20. The molecule has 1 aliphatic heterocycles. The fourth-order valence-corrected chi connectivity index (χ4v) is 4.38. The van der Waals surface area contributed by atoms with Gasteiger partial charge in [-0.2, -0.15) is 0 Å². The Labute approximate surface area is 209 Å². The van der Waals surface area contributed by atoms with Gasteiger partial charge in [0.1, 0.15) is 17.7 Å². The lowest BCUT2D eigenvalue weighted by molar-refractivity contribution is -0.0241. The largest absolute Gasteiger partial charge is 0.493 e. The number of carbonyl (C=O) groups excluding carboxylic acids is 1. The number of aliphatic hydroxyl groups excluding tert-OH is 1. The lowest BCUT2D eigenvalue weighted by atomic mass is 10.0. The van der Waals surface area contributed by atoms with Crippen LogP contribution in [0.3, 0.4) is 0 Å². The standard InChI is InChI=1S/C24H26F4N4O5/c1-29-23(33)14-10-15(25)18(21(35-2)19(14)26)20-16(9-13-11-31(6-7-37-13)24(34)36-3)32-5-4-12(22(27)28)8-17(32)30-20/h4-5,8,10,13,22-23,29,33H,6-7,9,11H2,1-3H3/t13-,23?/m0/s1. The molecule has 1 unspecified atom stereocenters. The molecule has 1 fully saturated rings. The molecule has 2 atom stereocenters. The molecule has 37 heavy (non-hydrogen) atoms. The quantitative estimate of drug-likeness (QED) is 0.360. The molecule has 1 aromatic carbocycles. The number of carbonyl (C=O) groups is 1. The Hall–Kier alpha value is -3.42. The van der Waals surface area contributed by atoms with Crippen LogP contribution in [0.15, 0.2) is 24.4 Å². The predicted octanol–water partition coefficient (Wildman–Crippen LogP) is 3.45. The Balaban J connectivity index is 1.88. The van der Waals surface area contributed by atoms with E-state index in [4.69, 9.17) is 14.2 Å². The zero-order valence-electron chi connectivity index (χ0n) is 20.3. The van der Waals surface area contributed by atoms with Gasteiger partial charge in [0, 0.05) is 30.3 Å². The normalized spacial score (nSPS) is 16.9. The number of ether oxygens (including phenoxy) is 3. The van der Waals surface area contributed by atoms with Crippen molar-refractivity contribution in [2.45, 2.75) is 25.2 Å². The molecule has 0 radical (unpaired) electrons. The van der Waals surface area contributed by atoms with E-state index in [1.165, 1.54) is 35.7 Å². The minimum absolute atomic E-state index is 0.0519. The summed E-state index contributed by atoms with van der Waals surface area (Å²) in [5.41, 5.74) is -0.674. The van der Waals surface area contributed by atoms with Crippen LogP contribution in [0.4, 0.5) is 22.4 Å². The first kappa shape index (κ1) is 26.6. The molecule has 1 amide bonds. The average molecular weight is 526 g/mol. The number of benzene rings is 1. The van der Waals surface area contributed by atoms with Crippen molar-refractivity contribution in [3.8, 4) is 17.0 Å². The fourth-order valence-electron chi connectivity index (χ4n) is 4.38. The van der Waals surface area contributed by atoms with Gasteiger partial charge in [0.05, 0.1) is 50.4 Å². The second-order valence-electron chi connectivity index (χ2n) is 8.37. The highest BCUT2D eigenvalue weighted by molar-refractivity contribution is 5.74. The third-order valence-electron chi connectivity index (χ3n) is 6.20. The fraction of sp³-hybridized carbons (Fsp3) is 0.417. The Morgan fingerprint density at radius 3 is 2.73 bits per heavy atom. The van der Waals surface area contributed by atoms with Gasteiger partial charge in [-0.15, -0.1) is 0 Å². The summed E-state index contributed by atoms with van der Waals surface area (Å²) in [5, 5.41) is 12.5. The van der Waals surface area contributed by atoms with E-state index >= 15 is 8.78 Å². The summed E-state index contributed by atoms with van der Waals surface area (Å²) in [4.78, 5) is 17.8. The summed E-state index contributed by atoms with van der Waals surface area (Å²) in [6.45, 7) is 0.671. The number of halogens is 4. The maximum absolute atomic E-state index is 15.5. The lowest BCUT2D eigenvalue weighted by Crippen LogP contribution is -2.46.